The summed E-state index contributed by atoms with van der Waals surface area (Å²) < 4.78 is 22.2. The van der Waals surface area contributed by atoms with Gasteiger partial charge in [0.05, 0.1) is 6.61 Å². The monoisotopic (exact) mass is 549 g/mol. The number of aromatic nitrogens is 3. The van der Waals surface area contributed by atoms with E-state index in [1.54, 1.807) is 25.7 Å². The molecule has 1 unspecified atom stereocenters. The summed E-state index contributed by atoms with van der Waals surface area (Å²) in [4.78, 5) is 18.8. The Morgan fingerprint density at radius 1 is 1.18 bits per heavy atom. The summed E-state index contributed by atoms with van der Waals surface area (Å²) in [5.41, 5.74) is 4.38. The zero-order valence-electron chi connectivity index (χ0n) is 23.8. The molecule has 1 fully saturated rings. The number of nitrogens with zero attached hydrogens (tertiary/aromatic N) is 6. The van der Waals surface area contributed by atoms with Crippen molar-refractivity contribution in [1.29, 1.82) is 0 Å². The Bertz CT molecular complexity index is 1470. The highest BCUT2D eigenvalue weighted by molar-refractivity contribution is 7.92. The zero-order valence-corrected chi connectivity index (χ0v) is 24.6. The van der Waals surface area contributed by atoms with Gasteiger partial charge in [0.1, 0.15) is 11.6 Å². The van der Waals surface area contributed by atoms with Crippen LogP contribution in [0.3, 0.4) is 0 Å². The molecule has 2 aromatic heterocycles. The molecule has 0 amide bonds. The molecule has 1 N–H and O–H groups in total. The van der Waals surface area contributed by atoms with Crippen LogP contribution < -0.4 is 10.2 Å². The van der Waals surface area contributed by atoms with Crippen LogP contribution in [0.25, 0.3) is 0 Å². The van der Waals surface area contributed by atoms with Crippen molar-refractivity contribution in [3.63, 3.8) is 0 Å². The summed E-state index contributed by atoms with van der Waals surface area (Å²) in [5.74, 6) is 3.06. The third kappa shape index (κ3) is 6.08. The Labute approximate surface area is 232 Å². The van der Waals surface area contributed by atoms with E-state index in [1.165, 1.54) is 24.0 Å². The molecule has 4 heterocycles. The van der Waals surface area contributed by atoms with Crippen molar-refractivity contribution in [1.82, 2.24) is 19.9 Å². The first kappa shape index (κ1) is 27.5. The maximum Gasteiger partial charge on any atom is 0.229 e. The highest BCUT2D eigenvalue weighted by Crippen LogP contribution is 2.43. The number of aryl methyl sites for hydroxylation is 1. The summed E-state index contributed by atoms with van der Waals surface area (Å²) in [6.07, 6.45) is 7.50. The summed E-state index contributed by atoms with van der Waals surface area (Å²) in [5, 5.41) is 3.42. The molecule has 1 aromatic carbocycles. The van der Waals surface area contributed by atoms with Gasteiger partial charge in [-0.15, -0.1) is 0 Å². The largest absolute Gasteiger partial charge is 0.384 e. The Hall–Kier alpha value is -3.08. The number of pyridine rings is 1. The second-order valence-electron chi connectivity index (χ2n) is 11.4. The number of nitrogens with one attached hydrogen (secondary N) is 1. The molecule has 0 saturated carbocycles. The van der Waals surface area contributed by atoms with Crippen LogP contribution in [0.2, 0.25) is 0 Å². The fraction of sp³-hybridized carbons (Fsp3) is 0.483. The molecular weight excluding hydrogens is 510 g/mol. The number of hydrogen-bond acceptors (Lipinski definition) is 9. The van der Waals surface area contributed by atoms with Crippen LogP contribution in [0.15, 0.2) is 47.0 Å². The van der Waals surface area contributed by atoms with E-state index in [0.717, 1.165) is 30.2 Å². The van der Waals surface area contributed by atoms with E-state index in [9.17, 15) is 4.21 Å². The smallest absolute Gasteiger partial charge is 0.229 e. The van der Waals surface area contributed by atoms with Gasteiger partial charge in [0.25, 0.3) is 0 Å². The van der Waals surface area contributed by atoms with E-state index in [1.807, 2.05) is 18.3 Å². The van der Waals surface area contributed by atoms with Crippen molar-refractivity contribution < 1.29 is 8.95 Å². The molecular formula is C29H39N7O2S. The Morgan fingerprint density at radius 2 is 1.95 bits per heavy atom. The molecule has 1 saturated heterocycles. The van der Waals surface area contributed by atoms with E-state index in [2.05, 4.69) is 63.6 Å². The number of rotatable bonds is 7. The fourth-order valence-corrected chi connectivity index (χ4v) is 6.26. The van der Waals surface area contributed by atoms with Crippen molar-refractivity contribution in [2.24, 2.45) is 4.36 Å². The lowest BCUT2D eigenvalue weighted by Gasteiger charge is -2.30. The SMILES string of the molecule is COCC1(C)CN(c2cccc(N=S(C)(C)=O)n2)c2nc(Nc3ccc(C4CCN(C)CC4)c(C)c3)ncc21. The predicted octanol–water partition coefficient (Wildman–Crippen LogP) is 5.15. The first-order valence-electron chi connectivity index (χ1n) is 13.4. The van der Waals surface area contributed by atoms with Crippen LogP contribution in [-0.2, 0) is 19.9 Å². The summed E-state index contributed by atoms with van der Waals surface area (Å²) in [6, 6.07) is 12.1. The molecule has 2 aliphatic heterocycles. The van der Waals surface area contributed by atoms with E-state index in [0.29, 0.717) is 36.7 Å². The second kappa shape index (κ2) is 10.8. The lowest BCUT2D eigenvalue weighted by atomic mass is 9.87. The molecule has 2 aliphatic rings. The summed E-state index contributed by atoms with van der Waals surface area (Å²) >= 11 is 0. The quantitative estimate of drug-likeness (QED) is 0.432. The van der Waals surface area contributed by atoms with Gasteiger partial charge >= 0.3 is 0 Å². The Balaban J connectivity index is 1.45. The van der Waals surface area contributed by atoms with Crippen molar-refractivity contribution in [3.8, 4) is 0 Å². The molecule has 208 valence electrons. The Morgan fingerprint density at radius 3 is 2.64 bits per heavy atom. The standard InChI is InChI=1S/C29H39N7O2S/c1-20-16-22(10-11-23(20)21-12-14-35(3)15-13-21)31-28-30-17-24-27(33-28)36(18-29(24,2)19-38-4)26-9-7-8-25(32-26)34-39(5,6)37/h7-11,16-17,21H,12-15,18-19H2,1-6H3,(H,30,31,33). The number of ether oxygens (including phenoxy) is 1. The maximum absolute atomic E-state index is 12.3. The third-order valence-electron chi connectivity index (χ3n) is 7.64. The minimum atomic E-state index is -2.33. The normalized spacial score (nSPS) is 20.2. The van der Waals surface area contributed by atoms with Gasteiger partial charge < -0.3 is 19.9 Å². The number of piperidine rings is 1. The number of methoxy groups -OCH3 is 1. The van der Waals surface area contributed by atoms with E-state index in [4.69, 9.17) is 14.7 Å². The minimum Gasteiger partial charge on any atom is -0.384 e. The van der Waals surface area contributed by atoms with E-state index >= 15 is 0 Å². The van der Waals surface area contributed by atoms with Crippen LogP contribution in [0.4, 0.5) is 29.1 Å². The fourth-order valence-electron chi connectivity index (χ4n) is 5.70. The highest BCUT2D eigenvalue weighted by Gasteiger charge is 2.42. The molecule has 5 rings (SSSR count). The molecule has 9 nitrogen and oxygen atoms in total. The lowest BCUT2D eigenvalue weighted by Crippen LogP contribution is -2.33. The average molecular weight is 550 g/mol. The summed E-state index contributed by atoms with van der Waals surface area (Å²) in [6.45, 7) is 7.78. The number of hydrogen-bond donors (Lipinski definition) is 1. The van der Waals surface area contributed by atoms with E-state index in [-0.39, 0.29) is 5.41 Å². The minimum absolute atomic E-state index is 0.313. The van der Waals surface area contributed by atoms with Gasteiger partial charge in [-0.25, -0.2) is 14.2 Å². The van der Waals surface area contributed by atoms with Gasteiger partial charge in [0, 0.05) is 58.8 Å². The number of fused-ring (bicyclic) bond motifs is 1. The molecule has 10 heteroatoms. The third-order valence-corrected chi connectivity index (χ3v) is 8.27. The van der Waals surface area contributed by atoms with Crippen LogP contribution in [-0.4, -0.2) is 77.0 Å². The average Bonchev–Trinajstić information content (AvgIpc) is 3.16. The van der Waals surface area contributed by atoms with Crippen LogP contribution in [0.5, 0.6) is 0 Å². The van der Waals surface area contributed by atoms with Crippen LogP contribution in [0, 0.1) is 6.92 Å². The number of likely N-dealkylation sites (tertiary alicyclic amines) is 1. The molecule has 1 atom stereocenters. The maximum atomic E-state index is 12.3. The van der Waals surface area contributed by atoms with Crippen LogP contribution in [0.1, 0.15) is 42.4 Å². The highest BCUT2D eigenvalue weighted by atomic mass is 32.2. The molecule has 0 spiro atoms. The van der Waals surface area contributed by atoms with Crippen molar-refractivity contribution in [2.45, 2.75) is 38.0 Å². The van der Waals surface area contributed by atoms with Gasteiger partial charge in [0.15, 0.2) is 5.82 Å². The van der Waals surface area contributed by atoms with E-state index < -0.39 is 9.73 Å². The van der Waals surface area contributed by atoms with Gasteiger partial charge in [-0.1, -0.05) is 19.1 Å². The predicted molar refractivity (Wildman–Crippen MR) is 159 cm³/mol. The molecule has 0 radical (unpaired) electrons. The molecule has 3 aromatic rings. The lowest BCUT2D eigenvalue weighted by molar-refractivity contribution is 0.145. The van der Waals surface area contributed by atoms with Gasteiger partial charge in [0.2, 0.25) is 5.95 Å². The van der Waals surface area contributed by atoms with Crippen molar-refractivity contribution >= 4 is 38.8 Å². The van der Waals surface area contributed by atoms with Crippen molar-refractivity contribution in [3.05, 3.63) is 59.3 Å². The molecule has 0 bridgehead atoms. The summed E-state index contributed by atoms with van der Waals surface area (Å²) in [7, 11) is 1.57. The van der Waals surface area contributed by atoms with Gasteiger partial charge in [-0.05, 0) is 81.2 Å². The van der Waals surface area contributed by atoms with Crippen molar-refractivity contribution in [2.75, 3.05) is 63.1 Å². The first-order chi connectivity index (χ1) is 18.5. The van der Waals surface area contributed by atoms with Gasteiger partial charge in [-0.3, -0.25) is 0 Å². The topological polar surface area (TPSA) is 95.8 Å². The molecule has 0 aliphatic carbocycles. The first-order valence-corrected chi connectivity index (χ1v) is 15.7. The second-order valence-corrected chi connectivity index (χ2v) is 14.0. The Kier molecular flexibility index (Phi) is 7.63. The molecule has 39 heavy (non-hydrogen) atoms. The van der Waals surface area contributed by atoms with Crippen LogP contribution >= 0.6 is 0 Å². The zero-order chi connectivity index (χ0) is 27.8. The number of benzene rings is 1. The van der Waals surface area contributed by atoms with Gasteiger partial charge in [-0.2, -0.15) is 9.35 Å². The number of anilines is 4.